The van der Waals surface area contributed by atoms with E-state index in [4.69, 9.17) is 0 Å². The van der Waals surface area contributed by atoms with Crippen LogP contribution in [0.4, 0.5) is 4.39 Å². The molecule has 1 aromatic heterocycles. The molecule has 24 heavy (non-hydrogen) atoms. The Morgan fingerprint density at radius 2 is 2.12 bits per heavy atom. The highest BCUT2D eigenvalue weighted by atomic mass is 19.1. The topological polar surface area (TPSA) is 59.8 Å². The molecule has 1 N–H and O–H groups in total. The maximum absolute atomic E-state index is 13.0. The van der Waals surface area contributed by atoms with E-state index in [-0.39, 0.29) is 17.8 Å². The van der Waals surface area contributed by atoms with E-state index in [9.17, 15) is 9.18 Å². The van der Waals surface area contributed by atoms with Crippen LogP contribution in [-0.2, 0) is 0 Å². The molecule has 2 atom stereocenters. The first-order chi connectivity index (χ1) is 11.7. The number of nitrogens with one attached hydrogen (secondary N) is 1. The minimum Gasteiger partial charge on any atom is -0.348 e. The van der Waals surface area contributed by atoms with Gasteiger partial charge in [-0.05, 0) is 49.4 Å². The van der Waals surface area contributed by atoms with Crippen molar-refractivity contribution in [1.82, 2.24) is 20.3 Å². The molecular weight excluding hydrogens is 307 g/mol. The summed E-state index contributed by atoms with van der Waals surface area (Å²) in [7, 11) is 0. The molecule has 1 saturated carbocycles. The molecule has 2 aromatic rings. The molecule has 1 aliphatic rings. The van der Waals surface area contributed by atoms with Crippen LogP contribution in [0.2, 0.25) is 0 Å². The summed E-state index contributed by atoms with van der Waals surface area (Å²) in [5.74, 6) is 0.0778. The summed E-state index contributed by atoms with van der Waals surface area (Å²) >= 11 is 0. The van der Waals surface area contributed by atoms with Crippen molar-refractivity contribution in [2.45, 2.75) is 51.5 Å². The van der Waals surface area contributed by atoms with E-state index in [1.807, 2.05) is 0 Å². The number of carbonyl (C=O) groups is 1. The molecule has 0 saturated heterocycles. The van der Waals surface area contributed by atoms with Crippen LogP contribution >= 0.6 is 0 Å². The molecule has 1 amide bonds. The first-order valence-electron chi connectivity index (χ1n) is 8.66. The normalized spacial score (nSPS) is 20.2. The van der Waals surface area contributed by atoms with Gasteiger partial charge in [0, 0.05) is 6.04 Å². The fraction of sp³-hybridized carbons (Fsp3) is 0.500. The standard InChI is InChI=1S/C18H23FN4O/c1-2-3-5-13-6-4-7-16(13)20-18(24)17-12-23(22-21-17)15-10-8-14(19)9-11-15/h8-13,16H,2-7H2,1H3,(H,20,24). The van der Waals surface area contributed by atoms with Gasteiger partial charge in [0.25, 0.3) is 5.91 Å². The lowest BCUT2D eigenvalue weighted by molar-refractivity contribution is 0.0921. The molecule has 1 aliphatic carbocycles. The highest BCUT2D eigenvalue weighted by molar-refractivity contribution is 5.92. The number of hydrogen-bond acceptors (Lipinski definition) is 3. The van der Waals surface area contributed by atoms with Crippen LogP contribution in [0.3, 0.4) is 0 Å². The quantitative estimate of drug-likeness (QED) is 0.882. The third-order valence-corrected chi connectivity index (χ3v) is 4.72. The van der Waals surface area contributed by atoms with E-state index >= 15 is 0 Å². The molecule has 0 spiro atoms. The average molecular weight is 330 g/mol. The van der Waals surface area contributed by atoms with Crippen LogP contribution in [0, 0.1) is 11.7 Å². The fourth-order valence-electron chi connectivity index (χ4n) is 3.37. The Kier molecular flexibility index (Phi) is 5.23. The predicted molar refractivity (Wildman–Crippen MR) is 89.4 cm³/mol. The third-order valence-electron chi connectivity index (χ3n) is 4.72. The van der Waals surface area contributed by atoms with Crippen LogP contribution < -0.4 is 5.32 Å². The Bertz CT molecular complexity index is 683. The SMILES string of the molecule is CCCCC1CCCC1NC(=O)c1cn(-c2ccc(F)cc2)nn1. The van der Waals surface area contributed by atoms with Gasteiger partial charge >= 0.3 is 0 Å². The van der Waals surface area contributed by atoms with Crippen molar-refractivity contribution in [1.29, 1.82) is 0 Å². The largest absolute Gasteiger partial charge is 0.348 e. The Labute approximate surface area is 141 Å². The lowest BCUT2D eigenvalue weighted by atomic mass is 9.97. The summed E-state index contributed by atoms with van der Waals surface area (Å²) in [6.45, 7) is 2.19. The molecule has 0 bridgehead atoms. The van der Waals surface area contributed by atoms with Crippen molar-refractivity contribution in [2.75, 3.05) is 0 Å². The number of nitrogens with zero attached hydrogens (tertiary/aromatic N) is 3. The minimum absolute atomic E-state index is 0.184. The number of halogens is 1. The van der Waals surface area contributed by atoms with Crippen LogP contribution in [-0.4, -0.2) is 26.9 Å². The van der Waals surface area contributed by atoms with Gasteiger partial charge in [-0.15, -0.1) is 5.10 Å². The Balaban J connectivity index is 1.64. The van der Waals surface area contributed by atoms with Gasteiger partial charge in [-0.1, -0.05) is 31.4 Å². The number of aromatic nitrogens is 3. The van der Waals surface area contributed by atoms with Crippen molar-refractivity contribution in [3.63, 3.8) is 0 Å². The smallest absolute Gasteiger partial charge is 0.273 e. The molecule has 6 heteroatoms. The lowest BCUT2D eigenvalue weighted by Crippen LogP contribution is -2.37. The number of benzene rings is 1. The molecule has 0 aliphatic heterocycles. The van der Waals surface area contributed by atoms with Crippen molar-refractivity contribution in [3.8, 4) is 5.69 Å². The van der Waals surface area contributed by atoms with Crippen LogP contribution in [0.15, 0.2) is 30.5 Å². The van der Waals surface area contributed by atoms with Crippen molar-refractivity contribution < 1.29 is 9.18 Å². The minimum atomic E-state index is -0.309. The first kappa shape index (κ1) is 16.6. The number of rotatable bonds is 6. The van der Waals surface area contributed by atoms with Crippen molar-refractivity contribution >= 4 is 5.91 Å². The Morgan fingerprint density at radius 3 is 2.88 bits per heavy atom. The maximum atomic E-state index is 13.0. The second kappa shape index (κ2) is 7.55. The summed E-state index contributed by atoms with van der Waals surface area (Å²) in [5, 5.41) is 11.0. The van der Waals surface area contributed by atoms with E-state index in [0.717, 1.165) is 6.42 Å². The molecular formula is C18H23FN4O. The van der Waals surface area contributed by atoms with E-state index in [1.54, 1.807) is 18.3 Å². The zero-order chi connectivity index (χ0) is 16.9. The molecule has 3 rings (SSSR count). The number of carbonyl (C=O) groups excluding carboxylic acids is 1. The molecule has 1 fully saturated rings. The number of hydrogen-bond donors (Lipinski definition) is 1. The average Bonchev–Trinajstić information content (AvgIpc) is 3.23. The van der Waals surface area contributed by atoms with Gasteiger partial charge in [0.15, 0.2) is 5.69 Å². The van der Waals surface area contributed by atoms with Crippen molar-refractivity contribution in [3.05, 3.63) is 42.0 Å². The summed E-state index contributed by atoms with van der Waals surface area (Å²) in [6, 6.07) is 6.15. The number of unbranched alkanes of at least 4 members (excludes halogenated alkanes) is 1. The molecule has 5 nitrogen and oxygen atoms in total. The van der Waals surface area contributed by atoms with Gasteiger partial charge in [0.1, 0.15) is 5.82 Å². The second-order valence-electron chi connectivity index (χ2n) is 6.44. The lowest BCUT2D eigenvalue weighted by Gasteiger charge is -2.20. The van der Waals surface area contributed by atoms with E-state index in [2.05, 4.69) is 22.6 Å². The van der Waals surface area contributed by atoms with Crippen LogP contribution in [0.1, 0.15) is 55.9 Å². The summed E-state index contributed by atoms with van der Waals surface area (Å²) in [5.41, 5.74) is 0.963. The van der Waals surface area contributed by atoms with Gasteiger partial charge < -0.3 is 5.32 Å². The summed E-state index contributed by atoms with van der Waals surface area (Å²) in [6.07, 6.45) is 8.53. The molecule has 0 radical (unpaired) electrons. The molecule has 1 aromatic carbocycles. The molecule has 1 heterocycles. The van der Waals surface area contributed by atoms with Gasteiger partial charge in [-0.25, -0.2) is 9.07 Å². The monoisotopic (exact) mass is 330 g/mol. The molecule has 2 unspecified atom stereocenters. The third kappa shape index (κ3) is 3.80. The highest BCUT2D eigenvalue weighted by Gasteiger charge is 2.28. The summed E-state index contributed by atoms with van der Waals surface area (Å²) < 4.78 is 14.5. The van der Waals surface area contributed by atoms with Gasteiger partial charge in [-0.3, -0.25) is 4.79 Å². The zero-order valence-corrected chi connectivity index (χ0v) is 13.9. The molecule has 128 valence electrons. The Hall–Kier alpha value is -2.24. The first-order valence-corrected chi connectivity index (χ1v) is 8.66. The van der Waals surface area contributed by atoms with Crippen molar-refractivity contribution in [2.24, 2.45) is 5.92 Å². The van der Waals surface area contributed by atoms with Gasteiger partial charge in [0.05, 0.1) is 11.9 Å². The Morgan fingerprint density at radius 1 is 1.33 bits per heavy atom. The van der Waals surface area contributed by atoms with Gasteiger partial charge in [0.2, 0.25) is 0 Å². The van der Waals surface area contributed by atoms with Crippen LogP contribution in [0.25, 0.3) is 5.69 Å². The van der Waals surface area contributed by atoms with Gasteiger partial charge in [-0.2, -0.15) is 0 Å². The van der Waals surface area contributed by atoms with E-state index < -0.39 is 0 Å². The zero-order valence-electron chi connectivity index (χ0n) is 13.9. The summed E-state index contributed by atoms with van der Waals surface area (Å²) in [4.78, 5) is 12.4. The van der Waals surface area contributed by atoms with Crippen LogP contribution in [0.5, 0.6) is 0 Å². The predicted octanol–water partition coefficient (Wildman–Crippen LogP) is 3.50. The van der Waals surface area contributed by atoms with E-state index in [0.29, 0.717) is 17.3 Å². The second-order valence-corrected chi connectivity index (χ2v) is 6.44. The maximum Gasteiger partial charge on any atom is 0.273 e. The van der Waals surface area contributed by atoms with E-state index in [1.165, 1.54) is 48.9 Å². The fourth-order valence-corrected chi connectivity index (χ4v) is 3.37. The number of amides is 1. The highest BCUT2D eigenvalue weighted by Crippen LogP contribution is 2.30.